The van der Waals surface area contributed by atoms with Crippen LogP contribution in [0.3, 0.4) is 0 Å². The molecule has 0 radical (unpaired) electrons. The summed E-state index contributed by atoms with van der Waals surface area (Å²) in [5, 5.41) is 0.758. The van der Waals surface area contributed by atoms with Gasteiger partial charge in [-0.15, -0.1) is 0 Å². The highest BCUT2D eigenvalue weighted by atomic mass is 35.5. The molecule has 0 saturated heterocycles. The number of hydrogen-bond donors (Lipinski definition) is 1. The molecule has 0 aliphatic carbocycles. The molecule has 0 spiro atoms. The maximum absolute atomic E-state index is 6.12. The fourth-order valence-corrected chi connectivity index (χ4v) is 3.09. The van der Waals surface area contributed by atoms with Gasteiger partial charge < -0.3 is 10.5 Å². The van der Waals surface area contributed by atoms with E-state index in [1.54, 1.807) is 7.11 Å². The Morgan fingerprint density at radius 2 is 2.36 bits per heavy atom. The zero-order chi connectivity index (χ0) is 10.1. The zero-order valence-electron chi connectivity index (χ0n) is 7.92. The molecular formula is C10H12ClNOS. The van der Waals surface area contributed by atoms with E-state index in [-0.39, 0.29) is 6.04 Å². The number of rotatable bonds is 1. The zero-order valence-corrected chi connectivity index (χ0v) is 9.49. The molecule has 1 aromatic carbocycles. The second-order valence-electron chi connectivity index (χ2n) is 3.26. The minimum absolute atomic E-state index is 0.0337. The molecule has 0 amide bonds. The third-order valence-corrected chi connectivity index (χ3v) is 3.81. The first-order valence-corrected chi connectivity index (χ1v) is 5.96. The van der Waals surface area contributed by atoms with Crippen molar-refractivity contribution in [3.05, 3.63) is 28.3 Å². The quantitative estimate of drug-likeness (QED) is 0.804. The minimum Gasteiger partial charge on any atom is -0.496 e. The lowest BCUT2D eigenvalue weighted by atomic mass is 10.0. The summed E-state index contributed by atoms with van der Waals surface area (Å²) in [6.45, 7) is 0. The molecule has 0 aromatic heterocycles. The van der Waals surface area contributed by atoms with E-state index in [4.69, 9.17) is 22.1 Å². The first-order chi connectivity index (χ1) is 6.74. The topological polar surface area (TPSA) is 35.2 Å². The Morgan fingerprint density at radius 3 is 3.07 bits per heavy atom. The van der Waals surface area contributed by atoms with Crippen molar-refractivity contribution in [3.8, 4) is 5.75 Å². The number of ether oxygens (including phenoxy) is 1. The van der Waals surface area contributed by atoms with E-state index in [9.17, 15) is 0 Å². The number of methoxy groups -OCH3 is 1. The van der Waals surface area contributed by atoms with Crippen molar-refractivity contribution in [2.24, 2.45) is 5.73 Å². The van der Waals surface area contributed by atoms with Crippen LogP contribution in [0.4, 0.5) is 0 Å². The Bertz CT molecular complexity index is 356. The summed E-state index contributed by atoms with van der Waals surface area (Å²) in [6.07, 6.45) is 0. The SMILES string of the molecule is COc1ccc(Cl)c2c1CSCC2N. The lowest BCUT2D eigenvalue weighted by Crippen LogP contribution is -2.19. The Morgan fingerprint density at radius 1 is 1.57 bits per heavy atom. The predicted molar refractivity (Wildman–Crippen MR) is 61.1 cm³/mol. The highest BCUT2D eigenvalue weighted by Gasteiger charge is 2.22. The van der Waals surface area contributed by atoms with Crippen molar-refractivity contribution in [2.45, 2.75) is 11.8 Å². The number of halogens is 1. The van der Waals surface area contributed by atoms with Crippen LogP contribution >= 0.6 is 23.4 Å². The highest BCUT2D eigenvalue weighted by Crippen LogP contribution is 2.39. The Kier molecular flexibility index (Phi) is 2.91. The molecule has 1 heterocycles. The minimum atomic E-state index is 0.0337. The van der Waals surface area contributed by atoms with Crippen molar-refractivity contribution < 1.29 is 4.74 Å². The third kappa shape index (κ3) is 1.60. The summed E-state index contributed by atoms with van der Waals surface area (Å²) in [5.41, 5.74) is 8.23. The molecule has 2 rings (SSSR count). The molecule has 1 aromatic rings. The van der Waals surface area contributed by atoms with E-state index in [0.29, 0.717) is 0 Å². The van der Waals surface area contributed by atoms with Gasteiger partial charge in [-0.1, -0.05) is 11.6 Å². The fraction of sp³-hybridized carbons (Fsp3) is 0.400. The monoisotopic (exact) mass is 229 g/mol. The van der Waals surface area contributed by atoms with E-state index in [2.05, 4.69) is 0 Å². The van der Waals surface area contributed by atoms with Crippen LogP contribution < -0.4 is 10.5 Å². The summed E-state index contributed by atoms with van der Waals surface area (Å²) in [7, 11) is 1.67. The first kappa shape index (κ1) is 10.1. The van der Waals surface area contributed by atoms with Gasteiger partial charge in [0, 0.05) is 28.1 Å². The smallest absolute Gasteiger partial charge is 0.123 e. The van der Waals surface area contributed by atoms with Gasteiger partial charge in [-0.05, 0) is 17.7 Å². The molecule has 2 nitrogen and oxygen atoms in total. The van der Waals surface area contributed by atoms with Gasteiger partial charge >= 0.3 is 0 Å². The number of thioether (sulfide) groups is 1. The predicted octanol–water partition coefficient (Wildman–Crippen LogP) is 2.60. The second-order valence-corrected chi connectivity index (χ2v) is 4.70. The van der Waals surface area contributed by atoms with Crippen LogP contribution in [0, 0.1) is 0 Å². The molecule has 0 bridgehead atoms. The molecule has 14 heavy (non-hydrogen) atoms. The highest BCUT2D eigenvalue weighted by molar-refractivity contribution is 7.98. The number of hydrogen-bond acceptors (Lipinski definition) is 3. The van der Waals surface area contributed by atoms with Crippen LogP contribution in [0.1, 0.15) is 17.2 Å². The van der Waals surface area contributed by atoms with Crippen LogP contribution in [0.2, 0.25) is 5.02 Å². The van der Waals surface area contributed by atoms with Gasteiger partial charge in [0.25, 0.3) is 0 Å². The number of fused-ring (bicyclic) bond motifs is 1. The molecule has 0 saturated carbocycles. The molecule has 1 unspecified atom stereocenters. The van der Waals surface area contributed by atoms with Gasteiger partial charge in [-0.2, -0.15) is 11.8 Å². The Labute approximate surface area is 92.8 Å². The van der Waals surface area contributed by atoms with Gasteiger partial charge in [-0.3, -0.25) is 0 Å². The standard InChI is InChI=1S/C10H12ClNOS/c1-13-9-3-2-7(11)10-6(9)4-14-5-8(10)12/h2-3,8H,4-5,12H2,1H3. The normalized spacial score (nSPS) is 20.4. The van der Waals surface area contributed by atoms with Crippen molar-refractivity contribution >= 4 is 23.4 Å². The Balaban J connectivity index is 2.57. The van der Waals surface area contributed by atoms with E-state index in [0.717, 1.165) is 33.4 Å². The van der Waals surface area contributed by atoms with Gasteiger partial charge in [0.2, 0.25) is 0 Å². The fourth-order valence-electron chi connectivity index (χ4n) is 1.73. The molecule has 2 N–H and O–H groups in total. The van der Waals surface area contributed by atoms with Gasteiger partial charge in [0.15, 0.2) is 0 Å². The van der Waals surface area contributed by atoms with Crippen LogP contribution in [0.15, 0.2) is 12.1 Å². The maximum Gasteiger partial charge on any atom is 0.123 e. The second kappa shape index (κ2) is 4.01. The van der Waals surface area contributed by atoms with Gasteiger partial charge in [0.05, 0.1) is 7.11 Å². The van der Waals surface area contributed by atoms with Crippen molar-refractivity contribution in [1.82, 2.24) is 0 Å². The lowest BCUT2D eigenvalue weighted by molar-refractivity contribution is 0.410. The van der Waals surface area contributed by atoms with Crippen LogP contribution in [0.5, 0.6) is 5.75 Å². The third-order valence-electron chi connectivity index (χ3n) is 2.40. The van der Waals surface area contributed by atoms with Crippen molar-refractivity contribution in [1.29, 1.82) is 0 Å². The molecule has 4 heteroatoms. The van der Waals surface area contributed by atoms with E-state index in [1.165, 1.54) is 0 Å². The van der Waals surface area contributed by atoms with Crippen molar-refractivity contribution in [3.63, 3.8) is 0 Å². The van der Waals surface area contributed by atoms with Gasteiger partial charge in [-0.25, -0.2) is 0 Å². The average molecular weight is 230 g/mol. The lowest BCUT2D eigenvalue weighted by Gasteiger charge is -2.24. The largest absolute Gasteiger partial charge is 0.496 e. The summed E-state index contributed by atoms with van der Waals surface area (Å²) in [4.78, 5) is 0. The van der Waals surface area contributed by atoms with E-state index in [1.807, 2.05) is 23.9 Å². The molecular weight excluding hydrogens is 218 g/mol. The number of nitrogens with two attached hydrogens (primary N) is 1. The summed E-state index contributed by atoms with van der Waals surface area (Å²) in [5.74, 6) is 2.76. The molecule has 1 aliphatic rings. The molecule has 0 fully saturated rings. The summed E-state index contributed by atoms with van der Waals surface area (Å²) >= 11 is 7.94. The molecule has 76 valence electrons. The molecule has 1 aliphatic heterocycles. The van der Waals surface area contributed by atoms with Crippen LogP contribution in [-0.4, -0.2) is 12.9 Å². The first-order valence-electron chi connectivity index (χ1n) is 4.42. The Hall–Kier alpha value is -0.380. The summed E-state index contributed by atoms with van der Waals surface area (Å²) in [6, 6.07) is 3.79. The van der Waals surface area contributed by atoms with Crippen LogP contribution in [0.25, 0.3) is 0 Å². The molecule has 1 atom stereocenters. The summed E-state index contributed by atoms with van der Waals surface area (Å²) < 4.78 is 5.29. The number of benzene rings is 1. The van der Waals surface area contributed by atoms with E-state index < -0.39 is 0 Å². The van der Waals surface area contributed by atoms with Crippen LogP contribution in [-0.2, 0) is 5.75 Å². The van der Waals surface area contributed by atoms with Gasteiger partial charge in [0.1, 0.15) is 5.75 Å². The maximum atomic E-state index is 6.12. The van der Waals surface area contributed by atoms with E-state index >= 15 is 0 Å². The average Bonchev–Trinajstić information content (AvgIpc) is 2.18. The van der Waals surface area contributed by atoms with Crippen molar-refractivity contribution in [2.75, 3.05) is 12.9 Å².